The second-order valence-electron chi connectivity index (χ2n) is 2.04. The molecule has 3 nitrogen and oxygen atoms in total. The lowest BCUT2D eigenvalue weighted by Crippen LogP contribution is -2.10. The first-order valence-electron chi connectivity index (χ1n) is 3.08. The van der Waals surface area contributed by atoms with Gasteiger partial charge in [-0.2, -0.15) is 4.99 Å². The Morgan fingerprint density at radius 2 is 1.82 bits per heavy atom. The molecular weight excluding hydrogens is 140 g/mol. The van der Waals surface area contributed by atoms with Gasteiger partial charge in [0, 0.05) is 5.57 Å². The Hall–Kier alpha value is -1.64. The van der Waals surface area contributed by atoms with Crippen molar-refractivity contribution < 1.29 is 4.79 Å². The molecule has 0 radical (unpaired) electrons. The molecule has 0 unspecified atom stereocenters. The Kier molecular flexibility index (Phi) is 1.72. The van der Waals surface area contributed by atoms with Crippen molar-refractivity contribution in [3.63, 3.8) is 0 Å². The number of carbonyl (C=O) groups is 1. The van der Waals surface area contributed by atoms with Crippen LogP contribution >= 0.6 is 0 Å². The average molecular weight is 148 g/mol. The van der Waals surface area contributed by atoms with Crippen molar-refractivity contribution in [2.75, 3.05) is 0 Å². The zero-order chi connectivity index (χ0) is 8.43. The third kappa shape index (κ3) is 1.00. The van der Waals surface area contributed by atoms with Crippen LogP contribution in [0.25, 0.3) is 0 Å². The Morgan fingerprint density at radius 1 is 1.27 bits per heavy atom. The Bertz CT molecular complexity index is 297. The van der Waals surface area contributed by atoms with Crippen molar-refractivity contribution in [2.24, 2.45) is 10.7 Å². The number of hydrogen-bond donors (Lipinski definition) is 1. The highest BCUT2D eigenvalue weighted by Crippen LogP contribution is 2.15. The van der Waals surface area contributed by atoms with E-state index in [1.54, 1.807) is 0 Å². The fourth-order valence-electron chi connectivity index (χ4n) is 0.895. The van der Waals surface area contributed by atoms with E-state index < -0.39 is 0 Å². The molecule has 0 aliphatic carbocycles. The van der Waals surface area contributed by atoms with E-state index in [0.29, 0.717) is 11.1 Å². The van der Waals surface area contributed by atoms with Crippen LogP contribution in [0.15, 0.2) is 41.4 Å². The van der Waals surface area contributed by atoms with Gasteiger partial charge in [-0.25, -0.2) is 0 Å². The van der Waals surface area contributed by atoms with Crippen molar-refractivity contribution in [1.29, 1.82) is 0 Å². The Labute approximate surface area is 64.6 Å². The van der Waals surface area contributed by atoms with Crippen LogP contribution in [0.2, 0.25) is 0 Å². The van der Waals surface area contributed by atoms with E-state index in [9.17, 15) is 4.79 Å². The highest BCUT2D eigenvalue weighted by atomic mass is 16.1. The quantitative estimate of drug-likeness (QED) is 0.621. The van der Waals surface area contributed by atoms with E-state index in [2.05, 4.69) is 18.2 Å². The molecule has 1 heterocycles. The van der Waals surface area contributed by atoms with Gasteiger partial charge in [0.2, 0.25) is 0 Å². The van der Waals surface area contributed by atoms with Gasteiger partial charge in [-0.1, -0.05) is 25.3 Å². The molecule has 0 aromatic carbocycles. The lowest BCUT2D eigenvalue weighted by Gasteiger charge is -1.92. The molecular formula is C8H8N2O. The van der Waals surface area contributed by atoms with Crippen molar-refractivity contribution in [3.05, 3.63) is 36.5 Å². The molecule has 1 amide bonds. The molecule has 3 heteroatoms. The average Bonchev–Trinajstić information content (AvgIpc) is 2.24. The predicted molar refractivity (Wildman–Crippen MR) is 44.0 cm³/mol. The summed E-state index contributed by atoms with van der Waals surface area (Å²) in [7, 11) is 0. The van der Waals surface area contributed by atoms with Crippen LogP contribution < -0.4 is 5.73 Å². The Balaban J connectivity index is 3.24. The SMILES string of the molecule is C=CC1=C(C=C)C(N)=NC1=O. The minimum absolute atomic E-state index is 0.222. The summed E-state index contributed by atoms with van der Waals surface area (Å²) in [6.07, 6.45) is 2.93. The number of nitrogens with two attached hydrogens (primary N) is 1. The maximum atomic E-state index is 10.9. The molecule has 1 aliphatic heterocycles. The third-order valence-electron chi connectivity index (χ3n) is 1.43. The second kappa shape index (κ2) is 2.54. The third-order valence-corrected chi connectivity index (χ3v) is 1.43. The molecule has 0 saturated heterocycles. The molecule has 0 aromatic rings. The van der Waals surface area contributed by atoms with Gasteiger partial charge in [-0.05, 0) is 0 Å². The first-order valence-corrected chi connectivity index (χ1v) is 3.08. The van der Waals surface area contributed by atoms with E-state index in [0.717, 1.165) is 0 Å². The molecule has 0 spiro atoms. The molecule has 0 saturated carbocycles. The van der Waals surface area contributed by atoms with Gasteiger partial charge in [0.1, 0.15) is 5.84 Å². The Morgan fingerprint density at radius 3 is 2.18 bits per heavy atom. The van der Waals surface area contributed by atoms with Gasteiger partial charge < -0.3 is 5.73 Å². The maximum absolute atomic E-state index is 10.9. The smallest absolute Gasteiger partial charge is 0.279 e. The normalized spacial score (nSPS) is 16.7. The largest absolute Gasteiger partial charge is 0.383 e. The molecule has 0 aromatic heterocycles. The molecule has 0 fully saturated rings. The first-order chi connectivity index (χ1) is 5.20. The molecule has 0 atom stereocenters. The summed E-state index contributed by atoms with van der Waals surface area (Å²) in [4.78, 5) is 14.5. The molecule has 56 valence electrons. The zero-order valence-electron chi connectivity index (χ0n) is 6.00. The highest BCUT2D eigenvalue weighted by molar-refractivity contribution is 6.20. The van der Waals surface area contributed by atoms with Gasteiger partial charge in [-0.15, -0.1) is 0 Å². The monoisotopic (exact) mass is 148 g/mol. The summed E-state index contributed by atoms with van der Waals surface area (Å²) < 4.78 is 0. The van der Waals surface area contributed by atoms with E-state index in [1.807, 2.05) is 0 Å². The number of nitrogens with zero attached hydrogens (tertiary/aromatic N) is 1. The lowest BCUT2D eigenvalue weighted by atomic mass is 10.1. The standard InChI is InChI=1S/C8H8N2O/c1-3-5-6(4-2)8(11)10-7(5)9/h3-4H,1-2H2,(H2,9,10,11). The van der Waals surface area contributed by atoms with Gasteiger partial charge in [-0.3, -0.25) is 4.79 Å². The van der Waals surface area contributed by atoms with Gasteiger partial charge >= 0.3 is 0 Å². The maximum Gasteiger partial charge on any atom is 0.279 e. The summed E-state index contributed by atoms with van der Waals surface area (Å²) in [6.45, 7) is 6.98. The van der Waals surface area contributed by atoms with Crippen LogP contribution in [0, 0.1) is 0 Å². The molecule has 2 N–H and O–H groups in total. The van der Waals surface area contributed by atoms with Crippen molar-refractivity contribution >= 4 is 11.7 Å². The fourth-order valence-corrected chi connectivity index (χ4v) is 0.895. The molecule has 1 rings (SSSR count). The van der Waals surface area contributed by atoms with Crippen LogP contribution in [0.3, 0.4) is 0 Å². The number of rotatable bonds is 2. The van der Waals surface area contributed by atoms with Crippen LogP contribution in [0.4, 0.5) is 0 Å². The van der Waals surface area contributed by atoms with E-state index >= 15 is 0 Å². The summed E-state index contributed by atoms with van der Waals surface area (Å²) in [5.41, 5.74) is 6.40. The topological polar surface area (TPSA) is 55.4 Å². The van der Waals surface area contributed by atoms with Gasteiger partial charge in [0.25, 0.3) is 5.91 Å². The summed E-state index contributed by atoms with van der Waals surface area (Å²) in [6, 6.07) is 0. The number of carbonyl (C=O) groups excluding carboxylic acids is 1. The fraction of sp³-hybridized carbons (Fsp3) is 0. The van der Waals surface area contributed by atoms with E-state index in [4.69, 9.17) is 5.73 Å². The van der Waals surface area contributed by atoms with Crippen LogP contribution in [-0.4, -0.2) is 11.7 Å². The molecule has 11 heavy (non-hydrogen) atoms. The summed E-state index contributed by atoms with van der Waals surface area (Å²) in [5.74, 6) is -0.118. The number of amidine groups is 1. The highest BCUT2D eigenvalue weighted by Gasteiger charge is 2.19. The number of amides is 1. The number of aliphatic imine (C=N–C) groups is 1. The minimum Gasteiger partial charge on any atom is -0.383 e. The minimum atomic E-state index is -0.340. The van der Waals surface area contributed by atoms with Crippen LogP contribution in [0.1, 0.15) is 0 Å². The zero-order valence-corrected chi connectivity index (χ0v) is 6.00. The van der Waals surface area contributed by atoms with Crippen LogP contribution in [0.5, 0.6) is 0 Å². The van der Waals surface area contributed by atoms with Crippen molar-refractivity contribution in [1.82, 2.24) is 0 Å². The predicted octanol–water partition coefficient (Wildman–Crippen LogP) is 0.552. The summed E-state index contributed by atoms with van der Waals surface area (Å²) >= 11 is 0. The lowest BCUT2D eigenvalue weighted by molar-refractivity contribution is -0.113. The van der Waals surface area contributed by atoms with E-state index in [1.165, 1.54) is 12.2 Å². The second-order valence-corrected chi connectivity index (χ2v) is 2.04. The first kappa shape index (κ1) is 7.47. The van der Waals surface area contributed by atoms with Crippen molar-refractivity contribution in [2.45, 2.75) is 0 Å². The van der Waals surface area contributed by atoms with E-state index in [-0.39, 0.29) is 11.7 Å². The van der Waals surface area contributed by atoms with Gasteiger partial charge in [0.05, 0.1) is 5.57 Å². The van der Waals surface area contributed by atoms with Gasteiger partial charge in [0.15, 0.2) is 0 Å². The molecule has 1 aliphatic rings. The van der Waals surface area contributed by atoms with Crippen molar-refractivity contribution in [3.8, 4) is 0 Å². The van der Waals surface area contributed by atoms with Crippen LogP contribution in [-0.2, 0) is 4.79 Å². The summed E-state index contributed by atoms with van der Waals surface area (Å²) in [5, 5.41) is 0. The molecule has 0 bridgehead atoms. The number of hydrogen-bond acceptors (Lipinski definition) is 2.